The summed E-state index contributed by atoms with van der Waals surface area (Å²) < 4.78 is 5.64. The van der Waals surface area contributed by atoms with Gasteiger partial charge in [0.25, 0.3) is 0 Å². The molecule has 0 amide bonds. The number of aliphatic hydroxyl groups excluding tert-OH is 1. The molecule has 3 N–H and O–H groups in total. The summed E-state index contributed by atoms with van der Waals surface area (Å²) in [7, 11) is 2.04. The van der Waals surface area contributed by atoms with Crippen LogP contribution in [0.1, 0.15) is 26.5 Å². The Hall–Kier alpha value is -2.26. The summed E-state index contributed by atoms with van der Waals surface area (Å²) >= 11 is 1.13. The molecule has 1 unspecified atom stereocenters. The molecule has 1 fully saturated rings. The zero-order valence-electron chi connectivity index (χ0n) is 16.3. The minimum atomic E-state index is -1.42. The molecule has 2 atom stereocenters. The molecule has 29 heavy (non-hydrogen) atoms. The summed E-state index contributed by atoms with van der Waals surface area (Å²) in [6.45, 7) is 1.92. The lowest BCUT2D eigenvalue weighted by Crippen LogP contribution is -2.53. The van der Waals surface area contributed by atoms with Gasteiger partial charge in [-0.3, -0.25) is 5.32 Å². The summed E-state index contributed by atoms with van der Waals surface area (Å²) in [6.07, 6.45) is 0.974. The number of carboxylic acids is 1. The van der Waals surface area contributed by atoms with E-state index in [0.717, 1.165) is 35.7 Å². The van der Waals surface area contributed by atoms with E-state index in [0.29, 0.717) is 12.2 Å². The van der Waals surface area contributed by atoms with Crippen LogP contribution in [0.5, 0.6) is 0 Å². The zero-order chi connectivity index (χ0) is 20.9. The van der Waals surface area contributed by atoms with Crippen LogP contribution < -0.4 is 5.32 Å². The highest BCUT2D eigenvalue weighted by Gasteiger charge is 2.41. The van der Waals surface area contributed by atoms with E-state index < -0.39 is 24.1 Å². The molecule has 7 nitrogen and oxygen atoms in total. The summed E-state index contributed by atoms with van der Waals surface area (Å²) in [5.41, 5.74) is -0.815. The van der Waals surface area contributed by atoms with E-state index in [4.69, 9.17) is 9.84 Å². The maximum absolute atomic E-state index is 13.1. The van der Waals surface area contributed by atoms with E-state index in [1.807, 2.05) is 13.1 Å². The number of likely N-dealkylation sites (tertiary alicyclic amines) is 1. The predicted molar refractivity (Wildman–Crippen MR) is 110 cm³/mol. The highest BCUT2D eigenvalue weighted by molar-refractivity contribution is 7.13. The molecule has 0 saturated carbocycles. The number of carbonyl (C=O) groups excluding carboxylic acids is 1. The van der Waals surface area contributed by atoms with Crippen LogP contribution in [0.25, 0.3) is 0 Å². The first-order valence-corrected chi connectivity index (χ1v) is 10.4. The lowest BCUT2D eigenvalue weighted by Gasteiger charge is -2.31. The van der Waals surface area contributed by atoms with Crippen molar-refractivity contribution in [1.29, 1.82) is 0 Å². The first-order chi connectivity index (χ1) is 13.9. The van der Waals surface area contributed by atoms with Gasteiger partial charge < -0.3 is 19.8 Å². The van der Waals surface area contributed by atoms with Crippen molar-refractivity contribution in [3.05, 3.63) is 57.8 Å². The third-order valence-electron chi connectivity index (χ3n) is 5.23. The summed E-state index contributed by atoms with van der Waals surface area (Å²) in [6, 6.07) is 12.2. The third-order valence-corrected chi connectivity index (χ3v) is 6.30. The van der Waals surface area contributed by atoms with E-state index >= 15 is 0 Å². The smallest absolute Gasteiger partial charge is 0.345 e. The molecule has 1 saturated heterocycles. The highest BCUT2D eigenvalue weighted by Crippen LogP contribution is 2.26. The Morgan fingerprint density at radius 3 is 2.62 bits per heavy atom. The van der Waals surface area contributed by atoms with Gasteiger partial charge in [0.2, 0.25) is 0 Å². The quantitative estimate of drug-likeness (QED) is 0.535. The van der Waals surface area contributed by atoms with Crippen LogP contribution in [0.15, 0.2) is 42.5 Å². The maximum atomic E-state index is 13.1. The Morgan fingerprint density at radius 2 is 2.03 bits per heavy atom. The van der Waals surface area contributed by atoms with Gasteiger partial charge in [0.1, 0.15) is 4.88 Å². The number of hydrogen-bond acceptors (Lipinski definition) is 7. The van der Waals surface area contributed by atoms with Crippen molar-refractivity contribution in [1.82, 2.24) is 10.2 Å². The average molecular weight is 419 g/mol. The molecule has 1 aromatic carbocycles. The number of ether oxygens (including phenoxy) is 1. The molecule has 8 heteroatoms. The number of rotatable bonds is 9. The van der Waals surface area contributed by atoms with Gasteiger partial charge in [-0.05, 0) is 37.7 Å². The molecule has 2 aromatic rings. The molecule has 0 aliphatic carbocycles. The molecule has 156 valence electrons. The Balaban J connectivity index is 1.77. The normalized spacial score (nSPS) is 19.0. The molecule has 3 rings (SSSR count). The predicted octanol–water partition coefficient (Wildman–Crippen LogP) is 1.92. The first-order valence-electron chi connectivity index (χ1n) is 9.54. The number of esters is 1. The molecule has 2 heterocycles. The summed E-state index contributed by atoms with van der Waals surface area (Å²) in [5, 5.41) is 22.5. The van der Waals surface area contributed by atoms with Crippen LogP contribution >= 0.6 is 11.3 Å². The number of nitrogens with zero attached hydrogens (tertiary/aromatic N) is 1. The maximum Gasteiger partial charge on any atom is 0.345 e. The number of aliphatic hydroxyl groups is 1. The second kappa shape index (κ2) is 9.49. The van der Waals surface area contributed by atoms with Crippen LogP contribution in [0.4, 0.5) is 0 Å². The summed E-state index contributed by atoms with van der Waals surface area (Å²) in [5.74, 6) is -1.24. The molecule has 0 radical (unpaired) electrons. The second-order valence-corrected chi connectivity index (χ2v) is 8.54. The fourth-order valence-electron chi connectivity index (χ4n) is 3.53. The largest absolute Gasteiger partial charge is 0.477 e. The van der Waals surface area contributed by atoms with Crippen molar-refractivity contribution in [3.63, 3.8) is 0 Å². The minimum absolute atomic E-state index is 0.226. The van der Waals surface area contributed by atoms with Gasteiger partial charge in [-0.2, -0.15) is 0 Å². The van der Waals surface area contributed by atoms with E-state index in [2.05, 4.69) is 10.2 Å². The van der Waals surface area contributed by atoms with E-state index in [1.165, 1.54) is 6.07 Å². The van der Waals surface area contributed by atoms with Gasteiger partial charge >= 0.3 is 11.9 Å². The van der Waals surface area contributed by atoms with Crippen molar-refractivity contribution in [2.45, 2.75) is 18.5 Å². The van der Waals surface area contributed by atoms with Crippen molar-refractivity contribution in [2.24, 2.45) is 5.92 Å². The van der Waals surface area contributed by atoms with E-state index in [1.54, 1.807) is 30.3 Å². The summed E-state index contributed by atoms with van der Waals surface area (Å²) in [4.78, 5) is 27.4. The number of aromatic carboxylic acids is 1. The lowest BCUT2D eigenvalue weighted by atomic mass is 9.90. The first kappa shape index (κ1) is 21.4. The number of nitrogens with one attached hydrogen (secondary N) is 1. The van der Waals surface area contributed by atoms with Gasteiger partial charge in [-0.25, -0.2) is 9.59 Å². The average Bonchev–Trinajstić information content (AvgIpc) is 3.37. The molecular weight excluding hydrogens is 392 g/mol. The van der Waals surface area contributed by atoms with Gasteiger partial charge in [-0.15, -0.1) is 11.3 Å². The van der Waals surface area contributed by atoms with Crippen LogP contribution in [0, 0.1) is 5.92 Å². The Morgan fingerprint density at radius 1 is 1.28 bits per heavy atom. The Bertz CT molecular complexity index is 841. The highest BCUT2D eigenvalue weighted by atomic mass is 32.1. The Kier molecular flexibility index (Phi) is 7.02. The van der Waals surface area contributed by atoms with Crippen LogP contribution in [0.2, 0.25) is 0 Å². The van der Waals surface area contributed by atoms with Crippen LogP contribution in [-0.2, 0) is 21.6 Å². The number of benzene rings is 1. The Labute approximate surface area is 173 Å². The van der Waals surface area contributed by atoms with Gasteiger partial charge in [0, 0.05) is 23.9 Å². The van der Waals surface area contributed by atoms with Gasteiger partial charge in [0.05, 0.1) is 13.2 Å². The molecule has 1 aliphatic rings. The van der Waals surface area contributed by atoms with Crippen LogP contribution in [-0.4, -0.2) is 60.4 Å². The fraction of sp³-hybridized carbons (Fsp3) is 0.429. The zero-order valence-corrected chi connectivity index (χ0v) is 17.2. The molecule has 0 bridgehead atoms. The number of hydrogen-bond donors (Lipinski definition) is 3. The topological polar surface area (TPSA) is 99.1 Å². The van der Waals surface area contributed by atoms with E-state index in [-0.39, 0.29) is 17.3 Å². The third kappa shape index (κ3) is 5.02. The van der Waals surface area contributed by atoms with Crippen molar-refractivity contribution in [2.75, 3.05) is 33.4 Å². The number of thiophene rings is 1. The number of carbonyl (C=O) groups is 2. The SMILES string of the molecule is CN1CC[C@@H](COC(=O)C(CO)(NCc2ccc(C(=O)O)s2)c2ccccc2)C1. The number of carboxylic acid groups (broad SMARTS) is 1. The van der Waals surface area contributed by atoms with Gasteiger partial charge in [0.15, 0.2) is 5.54 Å². The molecule has 0 spiro atoms. The van der Waals surface area contributed by atoms with Crippen molar-refractivity contribution >= 4 is 23.3 Å². The van der Waals surface area contributed by atoms with Crippen LogP contribution in [0.3, 0.4) is 0 Å². The fourth-order valence-corrected chi connectivity index (χ4v) is 4.32. The second-order valence-electron chi connectivity index (χ2n) is 7.37. The lowest BCUT2D eigenvalue weighted by molar-refractivity contribution is -0.155. The van der Waals surface area contributed by atoms with Crippen molar-refractivity contribution in [3.8, 4) is 0 Å². The standard InChI is InChI=1S/C21H26N2O5S/c1-23-10-9-15(12-23)13-28-20(27)21(14-24,16-5-3-2-4-6-16)22-11-17-7-8-18(29-17)19(25)26/h2-8,15,22,24H,9-14H2,1H3,(H,25,26)/t15-,21?/m1/s1. The molecule has 1 aliphatic heterocycles. The van der Waals surface area contributed by atoms with Gasteiger partial charge in [-0.1, -0.05) is 30.3 Å². The van der Waals surface area contributed by atoms with E-state index in [9.17, 15) is 14.7 Å². The molecule has 1 aromatic heterocycles. The monoisotopic (exact) mass is 418 g/mol. The van der Waals surface area contributed by atoms with Crippen molar-refractivity contribution < 1.29 is 24.5 Å². The minimum Gasteiger partial charge on any atom is -0.477 e. The molecular formula is C21H26N2O5S.